The molecule has 0 bridgehead atoms. The Morgan fingerprint density at radius 2 is 2.13 bits per heavy atom. The monoisotopic (exact) mass is 420 g/mol. The van der Waals surface area contributed by atoms with Crippen molar-refractivity contribution in [2.75, 3.05) is 25.4 Å². The van der Waals surface area contributed by atoms with E-state index in [0.717, 1.165) is 42.7 Å². The third-order valence-electron chi connectivity index (χ3n) is 5.14. The first-order valence-electron chi connectivity index (χ1n) is 10.5. The molecule has 2 aromatic heterocycles. The number of imidazole rings is 1. The number of pyridine rings is 1. The third-order valence-corrected chi connectivity index (χ3v) is 6.38. The second-order valence-corrected chi connectivity index (χ2v) is 8.48. The molecular formula is C23H28N6S. The Labute approximate surface area is 182 Å². The number of benzene rings is 1. The molecule has 0 radical (unpaired) electrons. The number of hydrogen-bond donors (Lipinski definition) is 1. The van der Waals surface area contributed by atoms with Crippen molar-refractivity contribution in [3.05, 3.63) is 72.9 Å². The van der Waals surface area contributed by atoms with Gasteiger partial charge in [0.15, 0.2) is 5.96 Å². The summed E-state index contributed by atoms with van der Waals surface area (Å²) in [5, 5.41) is 3.46. The van der Waals surface area contributed by atoms with Crippen LogP contribution in [0.15, 0.2) is 77.3 Å². The molecule has 1 saturated heterocycles. The lowest BCUT2D eigenvalue weighted by Crippen LogP contribution is -2.40. The van der Waals surface area contributed by atoms with Crippen LogP contribution in [-0.4, -0.2) is 50.8 Å². The molecule has 1 unspecified atom stereocenters. The first-order valence-corrected chi connectivity index (χ1v) is 11.4. The van der Waals surface area contributed by atoms with Gasteiger partial charge in [-0.25, -0.2) is 15.0 Å². The van der Waals surface area contributed by atoms with Gasteiger partial charge in [-0.3, -0.25) is 4.57 Å². The Hall–Kier alpha value is -2.80. The molecule has 6 nitrogen and oxygen atoms in total. The van der Waals surface area contributed by atoms with E-state index in [1.165, 1.54) is 11.3 Å². The number of likely N-dealkylation sites (tertiary alicyclic amines) is 1. The van der Waals surface area contributed by atoms with Crippen LogP contribution in [0.5, 0.6) is 0 Å². The van der Waals surface area contributed by atoms with E-state index in [4.69, 9.17) is 4.99 Å². The SMILES string of the molecule is CCNC(=NCc1ccc(-n2ccnc2)nc1)N1CCC(CSc2ccccc2)C1. The van der Waals surface area contributed by atoms with Gasteiger partial charge in [0.25, 0.3) is 0 Å². The topological polar surface area (TPSA) is 58.3 Å². The van der Waals surface area contributed by atoms with Crippen molar-refractivity contribution in [2.45, 2.75) is 24.8 Å². The molecule has 1 atom stereocenters. The van der Waals surface area contributed by atoms with Crippen molar-refractivity contribution < 1.29 is 0 Å². The molecule has 3 heterocycles. The molecule has 1 aromatic carbocycles. The van der Waals surface area contributed by atoms with Gasteiger partial charge in [-0.2, -0.15) is 0 Å². The zero-order valence-electron chi connectivity index (χ0n) is 17.3. The fourth-order valence-corrected chi connectivity index (χ4v) is 4.59. The number of aromatic nitrogens is 3. The lowest BCUT2D eigenvalue weighted by Gasteiger charge is -2.21. The van der Waals surface area contributed by atoms with Crippen molar-refractivity contribution in [3.63, 3.8) is 0 Å². The molecule has 0 amide bonds. The molecule has 30 heavy (non-hydrogen) atoms. The van der Waals surface area contributed by atoms with Crippen LogP contribution in [0.4, 0.5) is 0 Å². The summed E-state index contributed by atoms with van der Waals surface area (Å²) in [5.41, 5.74) is 1.10. The molecule has 1 aliphatic heterocycles. The number of aliphatic imine (C=N–C) groups is 1. The molecular weight excluding hydrogens is 392 g/mol. The second kappa shape index (κ2) is 10.3. The van der Waals surface area contributed by atoms with Gasteiger partial charge in [-0.15, -0.1) is 11.8 Å². The Morgan fingerprint density at radius 1 is 1.23 bits per heavy atom. The van der Waals surface area contributed by atoms with E-state index in [-0.39, 0.29) is 0 Å². The molecule has 3 aromatic rings. The average molecular weight is 421 g/mol. The number of nitrogens with one attached hydrogen (secondary N) is 1. The van der Waals surface area contributed by atoms with Gasteiger partial charge in [0.1, 0.15) is 12.1 Å². The van der Waals surface area contributed by atoms with Crippen LogP contribution in [0.1, 0.15) is 18.9 Å². The summed E-state index contributed by atoms with van der Waals surface area (Å²) >= 11 is 1.95. The van der Waals surface area contributed by atoms with Crippen LogP contribution >= 0.6 is 11.8 Å². The van der Waals surface area contributed by atoms with E-state index in [2.05, 4.69) is 63.5 Å². The molecule has 1 N–H and O–H groups in total. The molecule has 7 heteroatoms. The maximum atomic E-state index is 4.88. The molecule has 4 rings (SSSR count). The standard InChI is InChI=1S/C23H28N6S/c1-2-25-23(27-15-19-8-9-22(26-14-19)29-13-11-24-18-29)28-12-10-20(16-28)17-30-21-6-4-3-5-7-21/h3-9,11,13-14,18,20H,2,10,12,15-17H2,1H3,(H,25,27). The van der Waals surface area contributed by atoms with Gasteiger partial charge >= 0.3 is 0 Å². The molecule has 156 valence electrons. The molecule has 0 spiro atoms. The lowest BCUT2D eigenvalue weighted by atomic mass is 10.2. The summed E-state index contributed by atoms with van der Waals surface area (Å²) < 4.78 is 1.90. The highest BCUT2D eigenvalue weighted by Gasteiger charge is 2.24. The van der Waals surface area contributed by atoms with Gasteiger partial charge in [0, 0.05) is 48.9 Å². The molecule has 1 fully saturated rings. The van der Waals surface area contributed by atoms with Gasteiger partial charge in [0.05, 0.1) is 6.54 Å². The number of hydrogen-bond acceptors (Lipinski definition) is 4. The number of guanidine groups is 1. The quantitative estimate of drug-likeness (QED) is 0.357. The minimum absolute atomic E-state index is 0.624. The summed E-state index contributed by atoms with van der Waals surface area (Å²) in [7, 11) is 0. The van der Waals surface area contributed by atoms with E-state index in [1.807, 2.05) is 34.8 Å². The van der Waals surface area contributed by atoms with Crippen LogP contribution in [0.2, 0.25) is 0 Å². The van der Waals surface area contributed by atoms with Crippen LogP contribution in [0, 0.1) is 5.92 Å². The Bertz CT molecular complexity index is 924. The highest BCUT2D eigenvalue weighted by molar-refractivity contribution is 7.99. The minimum atomic E-state index is 0.624. The largest absolute Gasteiger partial charge is 0.357 e. The van der Waals surface area contributed by atoms with E-state index < -0.39 is 0 Å². The van der Waals surface area contributed by atoms with E-state index >= 15 is 0 Å². The summed E-state index contributed by atoms with van der Waals surface area (Å²) in [6.07, 6.45) is 8.51. The zero-order chi connectivity index (χ0) is 20.6. The number of rotatable bonds is 7. The van der Waals surface area contributed by atoms with Crippen LogP contribution in [0.25, 0.3) is 5.82 Å². The molecule has 0 saturated carbocycles. The van der Waals surface area contributed by atoms with E-state index in [1.54, 1.807) is 12.5 Å². The Balaban J connectivity index is 1.33. The predicted octanol–water partition coefficient (Wildman–Crippen LogP) is 3.85. The number of nitrogens with zero attached hydrogens (tertiary/aromatic N) is 5. The van der Waals surface area contributed by atoms with Crippen molar-refractivity contribution in [3.8, 4) is 5.82 Å². The van der Waals surface area contributed by atoms with Crippen molar-refractivity contribution in [1.29, 1.82) is 0 Å². The van der Waals surface area contributed by atoms with Crippen molar-refractivity contribution in [2.24, 2.45) is 10.9 Å². The average Bonchev–Trinajstić information content (AvgIpc) is 3.49. The van der Waals surface area contributed by atoms with Crippen LogP contribution < -0.4 is 5.32 Å². The third kappa shape index (κ3) is 5.42. The lowest BCUT2D eigenvalue weighted by molar-refractivity contribution is 0.474. The highest BCUT2D eigenvalue weighted by Crippen LogP contribution is 2.26. The summed E-state index contributed by atoms with van der Waals surface area (Å²) in [4.78, 5) is 17.2. The fourth-order valence-electron chi connectivity index (χ4n) is 3.54. The molecule has 0 aliphatic carbocycles. The van der Waals surface area contributed by atoms with E-state index in [0.29, 0.717) is 12.5 Å². The van der Waals surface area contributed by atoms with Gasteiger partial charge in [0.2, 0.25) is 0 Å². The van der Waals surface area contributed by atoms with Gasteiger partial charge in [-0.1, -0.05) is 24.3 Å². The minimum Gasteiger partial charge on any atom is -0.357 e. The van der Waals surface area contributed by atoms with Crippen molar-refractivity contribution in [1.82, 2.24) is 24.8 Å². The maximum absolute atomic E-state index is 4.88. The highest BCUT2D eigenvalue weighted by atomic mass is 32.2. The summed E-state index contributed by atoms with van der Waals surface area (Å²) in [6, 6.07) is 14.8. The zero-order valence-corrected chi connectivity index (χ0v) is 18.1. The first kappa shape index (κ1) is 20.5. The van der Waals surface area contributed by atoms with Gasteiger partial charge < -0.3 is 10.2 Å². The van der Waals surface area contributed by atoms with Crippen LogP contribution in [0.3, 0.4) is 0 Å². The normalized spacial score (nSPS) is 16.8. The van der Waals surface area contributed by atoms with Crippen LogP contribution in [-0.2, 0) is 6.54 Å². The smallest absolute Gasteiger partial charge is 0.194 e. The van der Waals surface area contributed by atoms with E-state index in [9.17, 15) is 0 Å². The van der Waals surface area contributed by atoms with Gasteiger partial charge in [-0.05, 0) is 43.0 Å². The first-order chi connectivity index (χ1) is 14.8. The number of thioether (sulfide) groups is 1. The molecule has 1 aliphatic rings. The fraction of sp³-hybridized carbons (Fsp3) is 0.348. The summed E-state index contributed by atoms with van der Waals surface area (Å²) in [6.45, 7) is 5.74. The Morgan fingerprint density at radius 3 is 2.87 bits per heavy atom. The predicted molar refractivity (Wildman–Crippen MR) is 123 cm³/mol. The second-order valence-electron chi connectivity index (χ2n) is 7.39. The summed E-state index contributed by atoms with van der Waals surface area (Å²) in [5.74, 6) is 3.71. The maximum Gasteiger partial charge on any atom is 0.194 e. The van der Waals surface area contributed by atoms with Crippen molar-refractivity contribution >= 4 is 17.7 Å². The Kier molecular flexibility index (Phi) is 7.03.